The number of nitrogen functional groups attached to an aromatic ring is 1. The Morgan fingerprint density at radius 1 is 1.32 bits per heavy atom. The summed E-state index contributed by atoms with van der Waals surface area (Å²) in [7, 11) is -0.483. The maximum Gasteiger partial charge on any atom is 0.491 e. The van der Waals surface area contributed by atoms with E-state index in [1.165, 1.54) is 11.3 Å². The van der Waals surface area contributed by atoms with Gasteiger partial charge in [0.25, 0.3) is 5.91 Å². The second kappa shape index (κ2) is 6.13. The minimum absolute atomic E-state index is 0.311. The van der Waals surface area contributed by atoms with Crippen molar-refractivity contribution in [2.24, 2.45) is 11.6 Å². The molecular weight excluding hydrogens is 301 g/mol. The molecule has 120 valence electrons. The Bertz CT molecular complexity index is 582. The van der Waals surface area contributed by atoms with Crippen LogP contribution in [0, 0.1) is 0 Å². The predicted molar refractivity (Wildman–Crippen MR) is 89.1 cm³/mol. The molecule has 0 aliphatic carbocycles. The fraction of sp³-hybridized carbons (Fsp3) is 0.500. The van der Waals surface area contributed by atoms with E-state index in [2.05, 4.69) is 5.43 Å². The van der Waals surface area contributed by atoms with Crippen LogP contribution in [-0.4, -0.2) is 30.8 Å². The van der Waals surface area contributed by atoms with E-state index in [1.807, 2.05) is 39.8 Å². The van der Waals surface area contributed by atoms with Crippen molar-refractivity contribution in [3.8, 4) is 0 Å². The molecule has 0 unspecified atom stereocenters. The Hall–Kier alpha value is -1.19. The van der Waals surface area contributed by atoms with E-state index in [0.717, 1.165) is 10.3 Å². The quantitative estimate of drug-likeness (QED) is 0.336. The van der Waals surface area contributed by atoms with Crippen LogP contribution in [-0.2, 0) is 9.31 Å². The third-order valence-electron chi connectivity index (χ3n) is 4.10. The number of rotatable bonds is 4. The number of hydrazine groups is 1. The van der Waals surface area contributed by atoms with Gasteiger partial charge in [-0.1, -0.05) is 0 Å². The maximum absolute atomic E-state index is 11.5. The molecule has 6 nitrogen and oxygen atoms in total. The number of thiophene rings is 1. The standard InChI is InChI=1S/C14H22BN3O3S/c1-13(2)14(3,4)21-15(20-13)9(8-16)7-10-5-6-11(22-10)12(19)18-17/h5-7H,8,16-17H2,1-4H3,(H,18,19). The molecule has 0 bridgehead atoms. The van der Waals surface area contributed by atoms with Crippen molar-refractivity contribution in [1.29, 1.82) is 0 Å². The Morgan fingerprint density at radius 2 is 1.91 bits per heavy atom. The third-order valence-corrected chi connectivity index (χ3v) is 5.13. The minimum atomic E-state index is -0.483. The third kappa shape index (κ3) is 3.26. The highest BCUT2D eigenvalue weighted by atomic mass is 32.1. The summed E-state index contributed by atoms with van der Waals surface area (Å²) < 4.78 is 12.0. The number of nitrogens with two attached hydrogens (primary N) is 2. The Labute approximate surface area is 135 Å². The van der Waals surface area contributed by atoms with Gasteiger partial charge >= 0.3 is 7.12 Å². The lowest BCUT2D eigenvalue weighted by atomic mass is 9.77. The summed E-state index contributed by atoms with van der Waals surface area (Å²) in [4.78, 5) is 12.9. The number of amides is 1. The van der Waals surface area contributed by atoms with E-state index in [0.29, 0.717) is 11.4 Å². The Balaban J connectivity index is 2.22. The van der Waals surface area contributed by atoms with Gasteiger partial charge in [0, 0.05) is 11.4 Å². The molecule has 0 saturated carbocycles. The van der Waals surface area contributed by atoms with Crippen LogP contribution < -0.4 is 17.0 Å². The highest BCUT2D eigenvalue weighted by Crippen LogP contribution is 2.38. The van der Waals surface area contributed by atoms with E-state index < -0.39 is 18.3 Å². The Kier molecular flexibility index (Phi) is 4.79. The first-order valence-corrected chi connectivity index (χ1v) is 7.89. The van der Waals surface area contributed by atoms with Crippen LogP contribution in [0.5, 0.6) is 0 Å². The lowest BCUT2D eigenvalue weighted by molar-refractivity contribution is 0.00578. The summed E-state index contributed by atoms with van der Waals surface area (Å²) in [6.07, 6.45) is 1.90. The van der Waals surface area contributed by atoms with Gasteiger partial charge in [0.05, 0.1) is 16.1 Å². The molecule has 1 aromatic heterocycles. The zero-order chi connectivity index (χ0) is 16.5. The van der Waals surface area contributed by atoms with Gasteiger partial charge in [0.1, 0.15) is 0 Å². The number of nitrogens with one attached hydrogen (secondary N) is 1. The van der Waals surface area contributed by atoms with Gasteiger partial charge < -0.3 is 15.0 Å². The van der Waals surface area contributed by atoms with E-state index in [9.17, 15) is 4.79 Å². The van der Waals surface area contributed by atoms with Gasteiger partial charge in [0.15, 0.2) is 0 Å². The average molecular weight is 323 g/mol. The number of carbonyl (C=O) groups excluding carboxylic acids is 1. The van der Waals surface area contributed by atoms with Crippen LogP contribution in [0.25, 0.3) is 6.08 Å². The summed E-state index contributed by atoms with van der Waals surface area (Å²) >= 11 is 1.33. The highest BCUT2D eigenvalue weighted by molar-refractivity contribution is 7.14. The molecule has 1 saturated heterocycles. The molecule has 1 aliphatic heterocycles. The van der Waals surface area contributed by atoms with Crippen LogP contribution in [0.1, 0.15) is 42.2 Å². The second-order valence-corrected chi connectivity index (χ2v) is 7.30. The van der Waals surface area contributed by atoms with Crippen LogP contribution >= 0.6 is 11.3 Å². The van der Waals surface area contributed by atoms with Crippen LogP contribution in [0.4, 0.5) is 0 Å². The molecule has 8 heteroatoms. The minimum Gasteiger partial charge on any atom is -0.400 e. The molecule has 5 N–H and O–H groups in total. The van der Waals surface area contributed by atoms with Crippen LogP contribution in [0.15, 0.2) is 17.6 Å². The lowest BCUT2D eigenvalue weighted by Gasteiger charge is -2.32. The molecule has 1 aliphatic rings. The SMILES string of the molecule is CC1(C)OB(C(=Cc2ccc(C(=O)NN)s2)CN)OC1(C)C. The molecule has 0 spiro atoms. The van der Waals surface area contributed by atoms with Gasteiger partial charge in [-0.2, -0.15) is 0 Å². The van der Waals surface area contributed by atoms with E-state index in [4.69, 9.17) is 20.9 Å². The van der Waals surface area contributed by atoms with Gasteiger partial charge in [-0.15, -0.1) is 11.3 Å². The number of carbonyl (C=O) groups is 1. The first-order chi connectivity index (χ1) is 10.2. The van der Waals surface area contributed by atoms with E-state index in [-0.39, 0.29) is 5.91 Å². The molecule has 0 aromatic carbocycles. The molecule has 1 amide bonds. The van der Waals surface area contributed by atoms with Crippen molar-refractivity contribution in [3.63, 3.8) is 0 Å². The maximum atomic E-state index is 11.5. The van der Waals surface area contributed by atoms with Crippen LogP contribution in [0.3, 0.4) is 0 Å². The van der Waals surface area contributed by atoms with Crippen molar-refractivity contribution < 1.29 is 14.1 Å². The number of hydrogen-bond acceptors (Lipinski definition) is 6. The van der Waals surface area contributed by atoms with Crippen molar-refractivity contribution >= 4 is 30.4 Å². The van der Waals surface area contributed by atoms with Gasteiger partial charge in [0.2, 0.25) is 0 Å². The summed E-state index contributed by atoms with van der Waals surface area (Å²) in [5.41, 5.74) is 7.97. The van der Waals surface area contributed by atoms with Crippen molar-refractivity contribution in [3.05, 3.63) is 27.4 Å². The fourth-order valence-corrected chi connectivity index (χ4v) is 2.91. The van der Waals surface area contributed by atoms with E-state index in [1.54, 1.807) is 6.07 Å². The van der Waals surface area contributed by atoms with Crippen LogP contribution in [0.2, 0.25) is 0 Å². The molecule has 0 radical (unpaired) electrons. The first kappa shape index (κ1) is 17.2. The molecular formula is C14H22BN3O3S. The zero-order valence-electron chi connectivity index (χ0n) is 13.3. The van der Waals surface area contributed by atoms with Gasteiger partial charge in [-0.3, -0.25) is 10.2 Å². The topological polar surface area (TPSA) is 99.6 Å². The molecule has 22 heavy (non-hydrogen) atoms. The molecule has 2 heterocycles. The van der Waals surface area contributed by atoms with Gasteiger partial charge in [-0.25, -0.2) is 5.84 Å². The highest BCUT2D eigenvalue weighted by Gasteiger charge is 2.52. The summed E-state index contributed by atoms with van der Waals surface area (Å²) in [6.45, 7) is 8.30. The molecule has 1 aromatic rings. The zero-order valence-corrected chi connectivity index (χ0v) is 14.1. The lowest BCUT2D eigenvalue weighted by Crippen LogP contribution is -2.41. The second-order valence-electron chi connectivity index (χ2n) is 6.19. The summed E-state index contributed by atoms with van der Waals surface area (Å²) in [5.74, 6) is 4.82. The van der Waals surface area contributed by atoms with E-state index >= 15 is 0 Å². The fourth-order valence-electron chi connectivity index (χ4n) is 2.02. The average Bonchev–Trinajstić information content (AvgIpc) is 2.98. The van der Waals surface area contributed by atoms with Crippen molar-refractivity contribution in [2.45, 2.75) is 38.9 Å². The monoisotopic (exact) mass is 323 g/mol. The molecule has 1 fully saturated rings. The number of hydrogen-bond donors (Lipinski definition) is 3. The Morgan fingerprint density at radius 3 is 2.41 bits per heavy atom. The largest absolute Gasteiger partial charge is 0.491 e. The summed E-state index contributed by atoms with van der Waals surface area (Å²) in [6, 6.07) is 3.56. The van der Waals surface area contributed by atoms with Gasteiger partial charge in [-0.05, 0) is 51.4 Å². The predicted octanol–water partition coefficient (Wildman–Crippen LogP) is 1.33. The molecule has 0 atom stereocenters. The normalized spacial score (nSPS) is 20.3. The molecule has 2 rings (SSSR count). The smallest absolute Gasteiger partial charge is 0.400 e. The summed E-state index contributed by atoms with van der Waals surface area (Å²) in [5, 5.41) is 0. The first-order valence-electron chi connectivity index (χ1n) is 7.07. The van der Waals surface area contributed by atoms with Crippen molar-refractivity contribution in [2.75, 3.05) is 6.54 Å². The van der Waals surface area contributed by atoms with Crippen molar-refractivity contribution in [1.82, 2.24) is 5.43 Å².